The number of fused-ring (bicyclic) bond motifs is 1. The van der Waals surface area contributed by atoms with Crippen molar-refractivity contribution in [2.45, 2.75) is 25.3 Å². The Bertz CT molecular complexity index is 788. The highest BCUT2D eigenvalue weighted by molar-refractivity contribution is 8.04. The largest absolute Gasteiger partial charge is 0.348 e. The zero-order chi connectivity index (χ0) is 17.1. The van der Waals surface area contributed by atoms with Crippen LogP contribution in [0, 0.1) is 0 Å². The van der Waals surface area contributed by atoms with Gasteiger partial charge in [0.15, 0.2) is 17.0 Å². The fourth-order valence-corrected chi connectivity index (χ4v) is 4.05. The molecule has 0 aromatic carbocycles. The lowest BCUT2D eigenvalue weighted by Crippen LogP contribution is -2.42. The van der Waals surface area contributed by atoms with Gasteiger partial charge in [-0.25, -0.2) is 15.0 Å². The van der Waals surface area contributed by atoms with E-state index in [-0.39, 0.29) is 24.4 Å². The van der Waals surface area contributed by atoms with Gasteiger partial charge in [-0.2, -0.15) is 0 Å². The predicted octanol–water partition coefficient (Wildman–Crippen LogP) is 1.43. The molecule has 1 fully saturated rings. The summed E-state index contributed by atoms with van der Waals surface area (Å²) in [5.74, 6) is 1.56. The molecule has 3 N–H and O–H groups in total. The number of halogens is 1. The van der Waals surface area contributed by atoms with Crippen LogP contribution in [0.1, 0.15) is 19.3 Å². The van der Waals surface area contributed by atoms with Crippen LogP contribution in [0.15, 0.2) is 23.8 Å². The molecule has 140 valence electrons. The Morgan fingerprint density at radius 2 is 2.23 bits per heavy atom. The van der Waals surface area contributed by atoms with Crippen molar-refractivity contribution in [2.24, 2.45) is 0 Å². The van der Waals surface area contributed by atoms with Crippen molar-refractivity contribution in [1.29, 1.82) is 0 Å². The first-order valence-electron chi connectivity index (χ1n) is 8.58. The summed E-state index contributed by atoms with van der Waals surface area (Å²) in [5.41, 5.74) is 1.42. The maximum atomic E-state index is 12.7. The van der Waals surface area contributed by atoms with Gasteiger partial charge in [0.05, 0.1) is 11.2 Å². The van der Waals surface area contributed by atoms with E-state index in [4.69, 9.17) is 0 Å². The van der Waals surface area contributed by atoms with Crippen LogP contribution in [0.4, 0.5) is 5.82 Å². The molecule has 1 amide bonds. The van der Waals surface area contributed by atoms with E-state index in [1.54, 1.807) is 18.1 Å². The fourth-order valence-electron chi connectivity index (χ4n) is 3.15. The van der Waals surface area contributed by atoms with E-state index in [9.17, 15) is 4.79 Å². The van der Waals surface area contributed by atoms with E-state index in [1.807, 2.05) is 11.1 Å². The van der Waals surface area contributed by atoms with Crippen molar-refractivity contribution in [3.8, 4) is 0 Å². The number of carbonyl (C=O) groups excluding carboxylic acids is 1. The molecular weight excluding hydrogens is 374 g/mol. The molecule has 0 unspecified atom stereocenters. The highest BCUT2D eigenvalue weighted by Crippen LogP contribution is 2.28. The molecule has 0 radical (unpaired) electrons. The number of aromatic amines is 1. The zero-order valence-electron chi connectivity index (χ0n) is 14.3. The SMILES string of the molecule is Cl.O=C(N[C@H]1CCCCNC1)C1=CN(c2ncnc3[nH]cnc23)CCS1. The van der Waals surface area contributed by atoms with Gasteiger partial charge >= 0.3 is 0 Å². The van der Waals surface area contributed by atoms with E-state index in [0.717, 1.165) is 54.5 Å². The van der Waals surface area contributed by atoms with E-state index in [1.165, 1.54) is 12.7 Å². The summed E-state index contributed by atoms with van der Waals surface area (Å²) in [6, 6.07) is 0.198. The standard InChI is InChI=1S/C16H21N7OS.ClH/c24-16(22-11-3-1-2-4-17-7-11)12-8-23(5-6-25-12)15-13-14(19-9-18-13)20-10-21-15;/h8-11,17H,1-7H2,(H,22,24)(H,18,19,20,21);1H/t11-;/m0./s1. The van der Waals surface area contributed by atoms with Crippen molar-refractivity contribution in [1.82, 2.24) is 30.6 Å². The monoisotopic (exact) mass is 395 g/mol. The summed E-state index contributed by atoms with van der Waals surface area (Å²) in [6.45, 7) is 2.66. The van der Waals surface area contributed by atoms with Crippen LogP contribution in [0.3, 0.4) is 0 Å². The third-order valence-corrected chi connectivity index (χ3v) is 5.43. The van der Waals surface area contributed by atoms with Crippen LogP contribution in [0.25, 0.3) is 11.2 Å². The maximum Gasteiger partial charge on any atom is 0.259 e. The second-order valence-corrected chi connectivity index (χ2v) is 7.34. The maximum absolute atomic E-state index is 12.7. The van der Waals surface area contributed by atoms with Crippen LogP contribution in [0.2, 0.25) is 0 Å². The van der Waals surface area contributed by atoms with Gasteiger partial charge in [-0.05, 0) is 19.4 Å². The van der Waals surface area contributed by atoms with Gasteiger partial charge < -0.3 is 20.5 Å². The van der Waals surface area contributed by atoms with E-state index >= 15 is 0 Å². The Hall–Kier alpha value is -1.84. The Morgan fingerprint density at radius 3 is 3.15 bits per heavy atom. The Kier molecular flexibility index (Phi) is 6.33. The first-order chi connectivity index (χ1) is 12.3. The van der Waals surface area contributed by atoms with Crippen LogP contribution in [-0.2, 0) is 4.79 Å². The number of H-pyrrole nitrogens is 1. The number of nitrogens with one attached hydrogen (secondary N) is 3. The third-order valence-electron chi connectivity index (χ3n) is 4.44. The summed E-state index contributed by atoms with van der Waals surface area (Å²) < 4.78 is 0. The van der Waals surface area contributed by atoms with Gasteiger partial charge in [-0.3, -0.25) is 4.79 Å². The number of aromatic nitrogens is 4. The zero-order valence-corrected chi connectivity index (χ0v) is 15.9. The lowest BCUT2D eigenvalue weighted by Gasteiger charge is -2.26. The van der Waals surface area contributed by atoms with Gasteiger partial charge in [0, 0.05) is 31.1 Å². The topological polar surface area (TPSA) is 98.8 Å². The molecule has 2 aromatic heterocycles. The van der Waals surface area contributed by atoms with Crippen LogP contribution in [0.5, 0.6) is 0 Å². The molecule has 0 saturated carbocycles. The normalized spacial score (nSPS) is 20.8. The summed E-state index contributed by atoms with van der Waals surface area (Å²) in [5, 5.41) is 6.54. The number of nitrogens with zero attached hydrogens (tertiary/aromatic N) is 4. The van der Waals surface area contributed by atoms with E-state index in [0.29, 0.717) is 5.65 Å². The lowest BCUT2D eigenvalue weighted by atomic mass is 10.1. The average molecular weight is 396 g/mol. The summed E-state index contributed by atoms with van der Waals surface area (Å²) >= 11 is 1.59. The minimum Gasteiger partial charge on any atom is -0.348 e. The number of anilines is 1. The van der Waals surface area contributed by atoms with Crippen LogP contribution in [-0.4, -0.2) is 57.3 Å². The molecule has 0 aliphatic carbocycles. The fraction of sp³-hybridized carbons (Fsp3) is 0.500. The summed E-state index contributed by atoms with van der Waals surface area (Å²) in [6.07, 6.45) is 8.35. The Labute approximate surface area is 162 Å². The Balaban J connectivity index is 0.00000196. The van der Waals surface area contributed by atoms with Gasteiger partial charge in [-0.15, -0.1) is 24.2 Å². The second kappa shape index (κ2) is 8.70. The minimum atomic E-state index is -0.00396. The number of rotatable bonds is 3. The van der Waals surface area contributed by atoms with Gasteiger partial charge in [-0.1, -0.05) is 6.42 Å². The molecule has 4 rings (SSSR count). The molecule has 4 heterocycles. The van der Waals surface area contributed by atoms with E-state index < -0.39 is 0 Å². The number of imidazole rings is 1. The van der Waals surface area contributed by atoms with Crippen LogP contribution < -0.4 is 15.5 Å². The third kappa shape index (κ3) is 4.11. The summed E-state index contributed by atoms with van der Waals surface area (Å²) in [7, 11) is 0. The van der Waals surface area contributed by atoms with Crippen molar-refractivity contribution < 1.29 is 4.79 Å². The highest BCUT2D eigenvalue weighted by atomic mass is 35.5. The highest BCUT2D eigenvalue weighted by Gasteiger charge is 2.23. The average Bonchev–Trinajstić information content (AvgIpc) is 2.99. The van der Waals surface area contributed by atoms with Crippen molar-refractivity contribution in [3.05, 3.63) is 23.8 Å². The molecule has 8 nitrogen and oxygen atoms in total. The number of amides is 1. The first-order valence-corrected chi connectivity index (χ1v) is 9.57. The first kappa shape index (κ1) is 18.9. The van der Waals surface area contributed by atoms with Gasteiger partial charge in [0.1, 0.15) is 6.33 Å². The van der Waals surface area contributed by atoms with E-state index in [2.05, 4.69) is 30.6 Å². The molecule has 26 heavy (non-hydrogen) atoms. The Morgan fingerprint density at radius 1 is 1.31 bits per heavy atom. The molecule has 2 aliphatic heterocycles. The van der Waals surface area contributed by atoms with Crippen LogP contribution >= 0.6 is 24.2 Å². The molecular formula is C16H22ClN7OS. The molecule has 0 spiro atoms. The predicted molar refractivity (Wildman–Crippen MR) is 105 cm³/mol. The summed E-state index contributed by atoms with van der Waals surface area (Å²) in [4.78, 5) is 31.2. The number of thioether (sulfide) groups is 1. The molecule has 1 atom stereocenters. The van der Waals surface area contributed by atoms with Gasteiger partial charge in [0.25, 0.3) is 5.91 Å². The van der Waals surface area contributed by atoms with Crippen molar-refractivity contribution >= 4 is 47.1 Å². The minimum absolute atomic E-state index is 0. The van der Waals surface area contributed by atoms with Crippen molar-refractivity contribution in [2.75, 3.05) is 30.3 Å². The molecule has 1 saturated heterocycles. The number of carbonyl (C=O) groups is 1. The molecule has 0 bridgehead atoms. The number of hydrogen-bond acceptors (Lipinski definition) is 7. The molecule has 2 aliphatic rings. The van der Waals surface area contributed by atoms with Gasteiger partial charge in [0.2, 0.25) is 0 Å². The number of hydrogen-bond donors (Lipinski definition) is 3. The van der Waals surface area contributed by atoms with Crippen molar-refractivity contribution in [3.63, 3.8) is 0 Å². The quantitative estimate of drug-likeness (QED) is 0.722. The molecule has 2 aromatic rings. The lowest BCUT2D eigenvalue weighted by molar-refractivity contribution is -0.117. The molecule has 10 heteroatoms. The smallest absolute Gasteiger partial charge is 0.259 e. The second-order valence-electron chi connectivity index (χ2n) is 6.20.